The standard InChI is InChI=1S/C13H16N4O.C8H7N3O.2ClH/c1-13(6-3-7-15-13)12-16-9-5-2-4-8(11(14)18)10(9)17-12;9-7(12)8-10-5-3-1-2-4-6(5)11-8;;/h2,4-5,15H,3,6-7H2,1H3,(H2,14,18)(H,16,17);1-4H,(H2,9,12)(H,10,11);2*1H/t13-;;;/m1.../s1. The zero-order chi connectivity index (χ0) is 21.3. The summed E-state index contributed by atoms with van der Waals surface area (Å²) in [6, 6.07) is 12.8. The maximum absolute atomic E-state index is 11.4. The van der Waals surface area contributed by atoms with Gasteiger partial charge in [-0.15, -0.1) is 24.8 Å². The normalized spacial score (nSPS) is 17.2. The van der Waals surface area contributed by atoms with Crippen molar-refractivity contribution in [1.82, 2.24) is 25.3 Å². The second-order valence-electron chi connectivity index (χ2n) is 7.48. The van der Waals surface area contributed by atoms with Gasteiger partial charge in [-0.05, 0) is 50.6 Å². The molecule has 1 fully saturated rings. The number of H-pyrrole nitrogens is 2. The fourth-order valence-corrected chi connectivity index (χ4v) is 3.66. The van der Waals surface area contributed by atoms with E-state index in [1.165, 1.54) is 0 Å². The van der Waals surface area contributed by atoms with Gasteiger partial charge in [0.25, 0.3) is 11.8 Å². The van der Waals surface area contributed by atoms with Crippen LogP contribution in [0.2, 0.25) is 0 Å². The van der Waals surface area contributed by atoms with Crippen LogP contribution in [0.3, 0.4) is 0 Å². The van der Waals surface area contributed by atoms with Crippen molar-refractivity contribution in [3.63, 3.8) is 0 Å². The Morgan fingerprint density at radius 3 is 2.28 bits per heavy atom. The third-order valence-electron chi connectivity index (χ3n) is 5.29. The SMILES string of the molecule is C[C@]1(c2nc3c(C(N)=O)cccc3[nH]2)CCCN1.Cl.Cl.NC(=O)c1nc2ccccc2[nH]1. The highest BCUT2D eigenvalue weighted by molar-refractivity contribution is 6.04. The molecule has 9 nitrogen and oxygen atoms in total. The highest BCUT2D eigenvalue weighted by Crippen LogP contribution is 2.30. The van der Waals surface area contributed by atoms with Crippen molar-refractivity contribution >= 4 is 58.7 Å². The Labute approximate surface area is 196 Å². The van der Waals surface area contributed by atoms with E-state index in [-0.39, 0.29) is 36.2 Å². The van der Waals surface area contributed by atoms with Crippen molar-refractivity contribution in [3.8, 4) is 0 Å². The minimum Gasteiger partial charge on any atom is -0.366 e. The number of halogens is 2. The molecule has 2 amide bonds. The van der Waals surface area contributed by atoms with Crippen LogP contribution < -0.4 is 16.8 Å². The van der Waals surface area contributed by atoms with Crippen LogP contribution in [0.15, 0.2) is 42.5 Å². The molecule has 0 radical (unpaired) electrons. The van der Waals surface area contributed by atoms with Crippen LogP contribution in [-0.4, -0.2) is 38.3 Å². The molecule has 1 saturated heterocycles. The number of amides is 2. The summed E-state index contributed by atoms with van der Waals surface area (Å²) in [5, 5.41) is 3.45. The number of nitrogens with one attached hydrogen (secondary N) is 3. The van der Waals surface area contributed by atoms with E-state index in [4.69, 9.17) is 11.5 Å². The lowest BCUT2D eigenvalue weighted by atomic mass is 10.00. The number of benzene rings is 2. The third kappa shape index (κ3) is 4.85. The summed E-state index contributed by atoms with van der Waals surface area (Å²) in [6.07, 6.45) is 2.18. The lowest BCUT2D eigenvalue weighted by molar-refractivity contribution is 0.0987. The third-order valence-corrected chi connectivity index (χ3v) is 5.29. The van der Waals surface area contributed by atoms with Crippen molar-refractivity contribution in [2.45, 2.75) is 25.3 Å². The zero-order valence-electron chi connectivity index (χ0n) is 17.3. The Bertz CT molecular complexity index is 1210. The minimum absolute atomic E-state index is 0. The number of fused-ring (bicyclic) bond motifs is 2. The van der Waals surface area contributed by atoms with E-state index in [0.29, 0.717) is 11.1 Å². The molecule has 4 aromatic rings. The van der Waals surface area contributed by atoms with E-state index in [1.807, 2.05) is 36.4 Å². The van der Waals surface area contributed by atoms with Crippen LogP contribution in [0.25, 0.3) is 22.1 Å². The Morgan fingerprint density at radius 1 is 0.938 bits per heavy atom. The molecule has 170 valence electrons. The Hall–Kier alpha value is -3.14. The van der Waals surface area contributed by atoms with Crippen molar-refractivity contribution in [3.05, 3.63) is 59.7 Å². The summed E-state index contributed by atoms with van der Waals surface area (Å²) in [7, 11) is 0. The fourth-order valence-electron chi connectivity index (χ4n) is 3.66. The van der Waals surface area contributed by atoms with Crippen LogP contribution in [0.1, 0.15) is 46.6 Å². The maximum atomic E-state index is 11.4. The molecule has 0 spiro atoms. The average Bonchev–Trinajstić information content (AvgIpc) is 3.45. The number of hydrogen-bond donors (Lipinski definition) is 5. The number of hydrogen-bond acceptors (Lipinski definition) is 5. The predicted octanol–water partition coefficient (Wildman–Crippen LogP) is 2.77. The van der Waals surface area contributed by atoms with Gasteiger partial charge in [0, 0.05) is 0 Å². The Morgan fingerprint density at radius 2 is 1.66 bits per heavy atom. The van der Waals surface area contributed by atoms with E-state index in [1.54, 1.807) is 6.07 Å². The van der Waals surface area contributed by atoms with Crippen LogP contribution in [-0.2, 0) is 5.54 Å². The van der Waals surface area contributed by atoms with E-state index in [9.17, 15) is 9.59 Å². The summed E-state index contributed by atoms with van der Waals surface area (Å²) in [5.41, 5.74) is 13.9. The van der Waals surface area contributed by atoms with E-state index < -0.39 is 11.8 Å². The molecule has 0 saturated carbocycles. The highest BCUT2D eigenvalue weighted by atomic mass is 35.5. The topological polar surface area (TPSA) is 156 Å². The first-order valence-electron chi connectivity index (χ1n) is 9.66. The van der Waals surface area contributed by atoms with Crippen molar-refractivity contribution in [2.75, 3.05) is 6.54 Å². The number of carbonyl (C=O) groups excluding carboxylic acids is 2. The van der Waals surface area contributed by atoms with Gasteiger partial charge in [-0.2, -0.15) is 0 Å². The molecule has 1 aliphatic rings. The van der Waals surface area contributed by atoms with Crippen molar-refractivity contribution < 1.29 is 9.59 Å². The average molecular weight is 478 g/mol. The number of aromatic amines is 2. The molecule has 5 rings (SSSR count). The van der Waals surface area contributed by atoms with Gasteiger partial charge in [0.1, 0.15) is 11.3 Å². The molecular formula is C21H25Cl2N7O2. The predicted molar refractivity (Wildman–Crippen MR) is 128 cm³/mol. The Balaban J connectivity index is 0.000000229. The van der Waals surface area contributed by atoms with Crippen molar-refractivity contribution in [1.29, 1.82) is 0 Å². The van der Waals surface area contributed by atoms with E-state index in [2.05, 4.69) is 32.2 Å². The summed E-state index contributed by atoms with van der Waals surface area (Å²) in [6.45, 7) is 3.12. The van der Waals surface area contributed by atoms with Crippen LogP contribution in [0.4, 0.5) is 0 Å². The molecule has 7 N–H and O–H groups in total. The molecule has 1 aliphatic heterocycles. The van der Waals surface area contributed by atoms with Gasteiger partial charge < -0.3 is 26.8 Å². The first kappa shape index (κ1) is 25.1. The molecule has 0 unspecified atom stereocenters. The largest absolute Gasteiger partial charge is 0.366 e. The van der Waals surface area contributed by atoms with Gasteiger partial charge in [0.05, 0.1) is 27.7 Å². The van der Waals surface area contributed by atoms with Crippen LogP contribution in [0, 0.1) is 0 Å². The number of para-hydroxylation sites is 3. The first-order chi connectivity index (χ1) is 14.4. The van der Waals surface area contributed by atoms with Gasteiger partial charge in [-0.3, -0.25) is 9.59 Å². The number of aromatic nitrogens is 4. The fraction of sp³-hybridized carbons (Fsp3) is 0.238. The molecule has 2 aromatic carbocycles. The Kier molecular flexibility index (Phi) is 7.84. The quantitative estimate of drug-likeness (QED) is 0.306. The lowest BCUT2D eigenvalue weighted by Crippen LogP contribution is -2.34. The van der Waals surface area contributed by atoms with Gasteiger partial charge in [-0.1, -0.05) is 18.2 Å². The number of primary amides is 2. The number of nitrogens with zero attached hydrogens (tertiary/aromatic N) is 2. The molecule has 0 bridgehead atoms. The van der Waals surface area contributed by atoms with Crippen LogP contribution >= 0.6 is 24.8 Å². The molecular weight excluding hydrogens is 453 g/mol. The second kappa shape index (κ2) is 9.99. The summed E-state index contributed by atoms with van der Waals surface area (Å²) in [5.74, 6) is 0.106. The van der Waals surface area contributed by atoms with Gasteiger partial charge in [-0.25, -0.2) is 9.97 Å². The molecule has 0 aliphatic carbocycles. The van der Waals surface area contributed by atoms with Gasteiger partial charge >= 0.3 is 0 Å². The highest BCUT2D eigenvalue weighted by Gasteiger charge is 2.33. The maximum Gasteiger partial charge on any atom is 0.284 e. The molecule has 2 aromatic heterocycles. The second-order valence-corrected chi connectivity index (χ2v) is 7.48. The van der Waals surface area contributed by atoms with Crippen LogP contribution in [0.5, 0.6) is 0 Å². The van der Waals surface area contributed by atoms with E-state index in [0.717, 1.165) is 41.8 Å². The molecule has 3 heterocycles. The first-order valence-corrected chi connectivity index (χ1v) is 9.66. The molecule has 1 atom stereocenters. The molecule has 11 heteroatoms. The number of rotatable bonds is 3. The smallest absolute Gasteiger partial charge is 0.284 e. The monoisotopic (exact) mass is 477 g/mol. The number of nitrogens with two attached hydrogens (primary N) is 2. The van der Waals surface area contributed by atoms with Gasteiger partial charge in [0.2, 0.25) is 0 Å². The summed E-state index contributed by atoms with van der Waals surface area (Å²) in [4.78, 5) is 36.7. The van der Waals surface area contributed by atoms with Gasteiger partial charge in [0.15, 0.2) is 5.82 Å². The number of carbonyl (C=O) groups is 2. The van der Waals surface area contributed by atoms with Crippen molar-refractivity contribution in [2.24, 2.45) is 11.5 Å². The summed E-state index contributed by atoms with van der Waals surface area (Å²) < 4.78 is 0. The lowest BCUT2D eigenvalue weighted by Gasteiger charge is -2.21. The molecule has 32 heavy (non-hydrogen) atoms. The summed E-state index contributed by atoms with van der Waals surface area (Å²) >= 11 is 0. The minimum atomic E-state index is -0.536. The number of imidazole rings is 2. The zero-order valence-corrected chi connectivity index (χ0v) is 19.0. The van der Waals surface area contributed by atoms with E-state index >= 15 is 0 Å².